The van der Waals surface area contributed by atoms with E-state index in [-0.39, 0.29) is 23.7 Å². The van der Waals surface area contributed by atoms with E-state index in [1.165, 1.54) is 33.0 Å². The molecule has 0 bridgehead atoms. The fourth-order valence-electron chi connectivity index (χ4n) is 2.01. The molecule has 0 aromatic rings. The van der Waals surface area contributed by atoms with E-state index in [1.807, 2.05) is 0 Å². The highest BCUT2D eigenvalue weighted by atomic mass is 16.5. The van der Waals surface area contributed by atoms with E-state index in [9.17, 15) is 19.2 Å². The van der Waals surface area contributed by atoms with Crippen molar-refractivity contribution in [2.75, 3.05) is 6.61 Å². The second kappa shape index (κ2) is 6.27. The van der Waals surface area contributed by atoms with Gasteiger partial charge in [0.2, 0.25) is 5.91 Å². The average molecular weight is 279 g/mol. The molecule has 1 amide bonds. The molecule has 1 atom stereocenters. The first-order valence-corrected chi connectivity index (χ1v) is 6.22. The third-order valence-corrected chi connectivity index (χ3v) is 2.84. The zero-order valence-electron chi connectivity index (χ0n) is 11.9. The van der Waals surface area contributed by atoms with Gasteiger partial charge in [-0.25, -0.2) is 4.79 Å². The average Bonchev–Trinajstić information content (AvgIpc) is 2.36. The fourth-order valence-corrected chi connectivity index (χ4v) is 2.01. The number of ether oxygens (including phenoxy) is 1. The Morgan fingerprint density at radius 2 is 1.80 bits per heavy atom. The van der Waals surface area contributed by atoms with Crippen LogP contribution in [0.2, 0.25) is 0 Å². The van der Waals surface area contributed by atoms with Gasteiger partial charge in [-0.2, -0.15) is 0 Å². The summed E-state index contributed by atoms with van der Waals surface area (Å²) < 4.78 is 4.90. The van der Waals surface area contributed by atoms with E-state index < -0.39 is 23.6 Å². The summed E-state index contributed by atoms with van der Waals surface area (Å²) in [6.45, 7) is 5.55. The van der Waals surface area contributed by atoms with Crippen LogP contribution in [0, 0.1) is 5.92 Å². The van der Waals surface area contributed by atoms with Gasteiger partial charge < -0.3 is 4.74 Å². The largest absolute Gasteiger partial charge is 0.463 e. The Morgan fingerprint density at radius 1 is 1.20 bits per heavy atom. The predicted octanol–water partition coefficient (Wildman–Crippen LogP) is 0.974. The molecule has 0 aliphatic carbocycles. The fraction of sp³-hybridized carbons (Fsp3) is 0.429. The van der Waals surface area contributed by atoms with Gasteiger partial charge in [0.05, 0.1) is 18.1 Å². The Morgan fingerprint density at radius 3 is 2.20 bits per heavy atom. The maximum absolute atomic E-state index is 12.0. The molecule has 0 saturated carbocycles. The van der Waals surface area contributed by atoms with Gasteiger partial charge in [0, 0.05) is 20.0 Å². The molecule has 108 valence electrons. The zero-order valence-corrected chi connectivity index (χ0v) is 11.9. The molecule has 1 heterocycles. The van der Waals surface area contributed by atoms with Crippen molar-refractivity contribution < 1.29 is 23.9 Å². The number of hydrogen-bond acceptors (Lipinski definition) is 5. The molecule has 6 nitrogen and oxygen atoms in total. The summed E-state index contributed by atoms with van der Waals surface area (Å²) in [5, 5.41) is 0. The Bertz CT molecular complexity index is 530. The van der Waals surface area contributed by atoms with Crippen molar-refractivity contribution in [3.8, 4) is 0 Å². The number of rotatable bonds is 4. The van der Waals surface area contributed by atoms with E-state index in [0.717, 1.165) is 4.90 Å². The standard InChI is InChI=1S/C14H17NO5/c1-5-20-14(19)12-11(8(2)16)6-7-15(10(4)18)13(12)9(3)17/h6-7,11H,5H2,1-4H3. The number of esters is 1. The molecule has 0 N–H and O–H groups in total. The van der Waals surface area contributed by atoms with E-state index >= 15 is 0 Å². The number of amides is 1. The van der Waals surface area contributed by atoms with Crippen LogP contribution in [0.5, 0.6) is 0 Å². The van der Waals surface area contributed by atoms with E-state index in [1.54, 1.807) is 6.92 Å². The maximum Gasteiger partial charge on any atom is 0.337 e. The highest BCUT2D eigenvalue weighted by molar-refractivity contribution is 6.09. The van der Waals surface area contributed by atoms with Crippen molar-refractivity contribution in [2.24, 2.45) is 5.92 Å². The minimum absolute atomic E-state index is 0.0791. The lowest BCUT2D eigenvalue weighted by Gasteiger charge is -2.28. The zero-order chi connectivity index (χ0) is 15.4. The Labute approximate surface area is 117 Å². The van der Waals surface area contributed by atoms with Gasteiger partial charge in [-0.05, 0) is 13.8 Å². The second-order valence-corrected chi connectivity index (χ2v) is 4.36. The van der Waals surface area contributed by atoms with Crippen LogP contribution in [0.1, 0.15) is 27.7 Å². The lowest BCUT2D eigenvalue weighted by molar-refractivity contribution is -0.140. The molecule has 1 rings (SSSR count). The van der Waals surface area contributed by atoms with E-state index in [0.29, 0.717) is 0 Å². The van der Waals surface area contributed by atoms with Crippen LogP contribution in [0.4, 0.5) is 0 Å². The molecule has 0 aromatic carbocycles. The van der Waals surface area contributed by atoms with Crippen molar-refractivity contribution in [2.45, 2.75) is 27.7 Å². The van der Waals surface area contributed by atoms with Crippen LogP contribution in [-0.4, -0.2) is 34.9 Å². The molecule has 6 heteroatoms. The Kier molecular flexibility index (Phi) is 4.96. The normalized spacial score (nSPS) is 18.0. The second-order valence-electron chi connectivity index (χ2n) is 4.36. The molecular formula is C14H17NO5. The maximum atomic E-state index is 12.0. The minimum atomic E-state index is -0.872. The smallest absolute Gasteiger partial charge is 0.337 e. The molecule has 20 heavy (non-hydrogen) atoms. The summed E-state index contributed by atoms with van der Waals surface area (Å²) in [6, 6.07) is 0. The number of carbonyl (C=O) groups is 4. The molecule has 0 radical (unpaired) electrons. The van der Waals surface area contributed by atoms with E-state index in [2.05, 4.69) is 0 Å². The molecule has 0 spiro atoms. The van der Waals surface area contributed by atoms with Gasteiger partial charge in [-0.3, -0.25) is 19.3 Å². The number of nitrogens with zero attached hydrogens (tertiary/aromatic N) is 1. The molecule has 1 unspecified atom stereocenters. The number of Topliss-reactive ketones (excluding diaryl/α,β-unsaturated/α-hetero) is 2. The van der Waals surface area contributed by atoms with Gasteiger partial charge in [-0.15, -0.1) is 0 Å². The number of allylic oxidation sites excluding steroid dienone is 2. The minimum Gasteiger partial charge on any atom is -0.463 e. The van der Waals surface area contributed by atoms with Crippen molar-refractivity contribution in [3.63, 3.8) is 0 Å². The van der Waals surface area contributed by atoms with E-state index in [4.69, 9.17) is 4.74 Å². The third kappa shape index (κ3) is 3.01. The van der Waals surface area contributed by atoms with Crippen LogP contribution in [0.25, 0.3) is 0 Å². The van der Waals surface area contributed by atoms with Gasteiger partial charge in [0.15, 0.2) is 5.78 Å². The first-order valence-electron chi connectivity index (χ1n) is 6.22. The summed E-state index contributed by atoms with van der Waals surface area (Å²) in [7, 11) is 0. The first kappa shape index (κ1) is 15.8. The summed E-state index contributed by atoms with van der Waals surface area (Å²) >= 11 is 0. The van der Waals surface area contributed by atoms with Gasteiger partial charge in [0.1, 0.15) is 11.5 Å². The van der Waals surface area contributed by atoms with Crippen molar-refractivity contribution in [1.82, 2.24) is 4.90 Å². The van der Waals surface area contributed by atoms with Crippen LogP contribution >= 0.6 is 0 Å². The number of carbonyl (C=O) groups excluding carboxylic acids is 4. The third-order valence-electron chi connectivity index (χ3n) is 2.84. The van der Waals surface area contributed by atoms with Crippen molar-refractivity contribution in [1.29, 1.82) is 0 Å². The summed E-state index contributed by atoms with van der Waals surface area (Å²) in [6.07, 6.45) is 2.76. The lowest BCUT2D eigenvalue weighted by atomic mass is 9.89. The number of hydrogen-bond donors (Lipinski definition) is 0. The molecule has 0 aromatic heterocycles. The first-order chi connectivity index (χ1) is 9.31. The topological polar surface area (TPSA) is 80.8 Å². The molecule has 1 aliphatic heterocycles. The lowest BCUT2D eigenvalue weighted by Crippen LogP contribution is -2.36. The quantitative estimate of drug-likeness (QED) is 0.716. The van der Waals surface area contributed by atoms with Crippen LogP contribution in [0.3, 0.4) is 0 Å². The molecule has 0 fully saturated rings. The SMILES string of the molecule is CCOC(=O)C1=C(C(C)=O)N(C(C)=O)C=CC1C(C)=O. The predicted molar refractivity (Wildman–Crippen MR) is 70.2 cm³/mol. The van der Waals surface area contributed by atoms with Crippen molar-refractivity contribution in [3.05, 3.63) is 23.5 Å². The van der Waals surface area contributed by atoms with Gasteiger partial charge in [0.25, 0.3) is 0 Å². The van der Waals surface area contributed by atoms with Gasteiger partial charge in [-0.1, -0.05) is 6.08 Å². The number of ketones is 2. The van der Waals surface area contributed by atoms with Crippen LogP contribution < -0.4 is 0 Å². The molecule has 0 saturated heterocycles. The van der Waals surface area contributed by atoms with Crippen molar-refractivity contribution >= 4 is 23.4 Å². The molecule has 1 aliphatic rings. The van der Waals surface area contributed by atoms with Crippen LogP contribution in [0.15, 0.2) is 23.5 Å². The highest BCUT2D eigenvalue weighted by Crippen LogP contribution is 2.28. The summed E-state index contributed by atoms with van der Waals surface area (Å²) in [5.41, 5.74) is -0.178. The Balaban J connectivity index is 3.48. The Hall–Kier alpha value is -2.24. The summed E-state index contributed by atoms with van der Waals surface area (Å²) in [5.74, 6) is -2.82. The highest BCUT2D eigenvalue weighted by Gasteiger charge is 2.35. The summed E-state index contributed by atoms with van der Waals surface area (Å²) in [4.78, 5) is 48.1. The monoisotopic (exact) mass is 279 g/mol. The van der Waals surface area contributed by atoms with Gasteiger partial charge >= 0.3 is 5.97 Å². The molecular weight excluding hydrogens is 262 g/mol. The van der Waals surface area contributed by atoms with Crippen LogP contribution in [-0.2, 0) is 23.9 Å².